The summed E-state index contributed by atoms with van der Waals surface area (Å²) >= 11 is 0. The van der Waals surface area contributed by atoms with Crippen LogP contribution in [-0.4, -0.2) is 18.0 Å². The van der Waals surface area contributed by atoms with Crippen LogP contribution in [0.4, 0.5) is 5.69 Å². The quantitative estimate of drug-likeness (QED) is 0.846. The van der Waals surface area contributed by atoms with Gasteiger partial charge in [-0.25, -0.2) is 0 Å². The fourth-order valence-corrected chi connectivity index (χ4v) is 6.35. The molecular formula is C22H33N2O+. The third kappa shape index (κ3) is 3.36. The Labute approximate surface area is 152 Å². The van der Waals surface area contributed by atoms with Crippen molar-refractivity contribution in [2.45, 2.75) is 71.4 Å². The van der Waals surface area contributed by atoms with Crippen LogP contribution in [-0.2, 0) is 4.79 Å². The summed E-state index contributed by atoms with van der Waals surface area (Å²) in [7, 11) is 0. The molecule has 5 rings (SSSR count). The van der Waals surface area contributed by atoms with Crippen molar-refractivity contribution < 1.29 is 10.1 Å². The summed E-state index contributed by atoms with van der Waals surface area (Å²) in [4.78, 5) is 12.6. The molecule has 1 amide bonds. The van der Waals surface area contributed by atoms with E-state index in [0.29, 0.717) is 11.5 Å². The van der Waals surface area contributed by atoms with Crippen molar-refractivity contribution in [1.82, 2.24) is 0 Å². The van der Waals surface area contributed by atoms with Crippen molar-refractivity contribution in [1.29, 1.82) is 0 Å². The van der Waals surface area contributed by atoms with Gasteiger partial charge in [-0.15, -0.1) is 0 Å². The summed E-state index contributed by atoms with van der Waals surface area (Å²) in [6.07, 6.45) is 8.66. The number of hydrogen-bond acceptors (Lipinski definition) is 1. The van der Waals surface area contributed by atoms with Crippen molar-refractivity contribution in [2.24, 2.45) is 23.2 Å². The number of nitrogens with one attached hydrogen (secondary N) is 1. The molecule has 0 aliphatic heterocycles. The second kappa shape index (κ2) is 6.42. The number of nitrogens with two attached hydrogens (primary N) is 1. The number of benzene rings is 1. The molecule has 1 aromatic rings. The van der Waals surface area contributed by atoms with Gasteiger partial charge in [0.2, 0.25) is 0 Å². The molecule has 3 N–H and O–H groups in total. The summed E-state index contributed by atoms with van der Waals surface area (Å²) in [5, 5.41) is 5.42. The predicted molar refractivity (Wildman–Crippen MR) is 101 cm³/mol. The lowest BCUT2D eigenvalue weighted by Crippen LogP contribution is -2.98. The molecule has 4 aliphatic rings. The SMILES string of the molecule is Cc1ccc(NC(=O)[C@@H](C)[NH2+][C@@H](C)C23CC4CC(CC(C4)C2)C3)cc1. The Balaban J connectivity index is 1.37. The van der Waals surface area contributed by atoms with E-state index in [1.54, 1.807) is 0 Å². The molecule has 0 unspecified atom stereocenters. The largest absolute Gasteiger partial charge is 0.334 e. The van der Waals surface area contributed by atoms with Crippen molar-refractivity contribution in [3.63, 3.8) is 0 Å². The summed E-state index contributed by atoms with van der Waals surface area (Å²) in [6, 6.07) is 8.57. The van der Waals surface area contributed by atoms with Gasteiger partial charge in [0.15, 0.2) is 6.04 Å². The van der Waals surface area contributed by atoms with Gasteiger partial charge in [-0.3, -0.25) is 4.79 Å². The zero-order valence-electron chi connectivity index (χ0n) is 15.9. The van der Waals surface area contributed by atoms with Crippen LogP contribution >= 0.6 is 0 Å². The summed E-state index contributed by atoms with van der Waals surface area (Å²) in [5.74, 6) is 3.04. The van der Waals surface area contributed by atoms with E-state index in [0.717, 1.165) is 23.4 Å². The van der Waals surface area contributed by atoms with E-state index in [1.807, 2.05) is 24.3 Å². The number of carbonyl (C=O) groups is 1. The van der Waals surface area contributed by atoms with E-state index in [4.69, 9.17) is 0 Å². The fourth-order valence-electron chi connectivity index (χ4n) is 6.35. The van der Waals surface area contributed by atoms with Gasteiger partial charge in [0.25, 0.3) is 5.91 Å². The molecule has 3 heteroatoms. The van der Waals surface area contributed by atoms with Gasteiger partial charge in [0.05, 0.1) is 6.04 Å². The zero-order valence-corrected chi connectivity index (χ0v) is 15.9. The molecule has 0 aromatic heterocycles. The Kier molecular flexibility index (Phi) is 4.39. The van der Waals surface area contributed by atoms with E-state index in [-0.39, 0.29) is 11.9 Å². The molecule has 0 heterocycles. The first kappa shape index (κ1) is 17.1. The van der Waals surface area contributed by atoms with Crippen LogP contribution in [0.2, 0.25) is 0 Å². The van der Waals surface area contributed by atoms with Gasteiger partial charge in [-0.1, -0.05) is 17.7 Å². The zero-order chi connectivity index (χ0) is 17.6. The van der Waals surface area contributed by atoms with Gasteiger partial charge in [-0.2, -0.15) is 0 Å². The first-order chi connectivity index (χ1) is 11.9. The number of amides is 1. The van der Waals surface area contributed by atoms with Crippen molar-refractivity contribution in [3.8, 4) is 0 Å². The van der Waals surface area contributed by atoms with Gasteiger partial charge in [0, 0.05) is 11.1 Å². The molecule has 4 fully saturated rings. The minimum Gasteiger partial charge on any atom is -0.334 e. The van der Waals surface area contributed by atoms with Crippen LogP contribution < -0.4 is 10.6 Å². The molecule has 25 heavy (non-hydrogen) atoms. The highest BCUT2D eigenvalue weighted by molar-refractivity contribution is 5.93. The Morgan fingerprint density at radius 1 is 1.04 bits per heavy atom. The highest BCUT2D eigenvalue weighted by Crippen LogP contribution is 2.60. The van der Waals surface area contributed by atoms with Gasteiger partial charge >= 0.3 is 0 Å². The normalized spacial score (nSPS) is 35.4. The van der Waals surface area contributed by atoms with Gasteiger partial charge < -0.3 is 10.6 Å². The van der Waals surface area contributed by atoms with Crippen LogP contribution in [0.5, 0.6) is 0 Å². The summed E-state index contributed by atoms with van der Waals surface area (Å²) in [6.45, 7) is 6.50. The predicted octanol–water partition coefficient (Wildman–Crippen LogP) is 3.49. The molecule has 2 atom stereocenters. The lowest BCUT2D eigenvalue weighted by atomic mass is 9.48. The maximum atomic E-state index is 12.6. The Hall–Kier alpha value is -1.35. The standard InChI is InChI=1S/C22H32N2O/c1-14-4-6-20(7-5-14)24-21(25)15(2)23-16(3)22-11-17-8-18(12-22)10-19(9-17)13-22/h4-7,15-19,23H,8-13H2,1-3H3,(H,24,25)/p+1/t15-,16+,17?,18?,19?,22?/m1/s1. The van der Waals surface area contributed by atoms with Crippen molar-refractivity contribution >= 4 is 11.6 Å². The third-order valence-corrected chi connectivity index (χ3v) is 7.36. The lowest BCUT2D eigenvalue weighted by Gasteiger charge is -2.58. The highest BCUT2D eigenvalue weighted by atomic mass is 16.2. The monoisotopic (exact) mass is 341 g/mol. The third-order valence-electron chi connectivity index (χ3n) is 7.36. The first-order valence-electron chi connectivity index (χ1n) is 10.2. The average Bonchev–Trinajstić information content (AvgIpc) is 2.55. The van der Waals surface area contributed by atoms with E-state index >= 15 is 0 Å². The van der Waals surface area contributed by atoms with Crippen LogP contribution in [0.25, 0.3) is 0 Å². The van der Waals surface area contributed by atoms with Crippen molar-refractivity contribution in [3.05, 3.63) is 29.8 Å². The first-order valence-corrected chi connectivity index (χ1v) is 10.2. The Morgan fingerprint density at radius 3 is 2.08 bits per heavy atom. The smallest absolute Gasteiger partial charge is 0.282 e. The Morgan fingerprint density at radius 2 is 1.56 bits per heavy atom. The fraction of sp³-hybridized carbons (Fsp3) is 0.682. The average molecular weight is 342 g/mol. The maximum Gasteiger partial charge on any atom is 0.282 e. The molecule has 4 saturated carbocycles. The number of hydrogen-bond donors (Lipinski definition) is 2. The van der Waals surface area contributed by atoms with E-state index in [1.165, 1.54) is 44.1 Å². The van der Waals surface area contributed by atoms with E-state index in [9.17, 15) is 4.79 Å². The van der Waals surface area contributed by atoms with Gasteiger partial charge in [0.1, 0.15) is 0 Å². The van der Waals surface area contributed by atoms with Crippen molar-refractivity contribution in [2.75, 3.05) is 5.32 Å². The molecule has 3 nitrogen and oxygen atoms in total. The summed E-state index contributed by atoms with van der Waals surface area (Å²) in [5.41, 5.74) is 2.61. The molecule has 0 saturated heterocycles. The lowest BCUT2D eigenvalue weighted by molar-refractivity contribution is -0.718. The molecule has 136 valence electrons. The molecule has 1 aromatic carbocycles. The van der Waals surface area contributed by atoms with Crippen LogP contribution in [0.3, 0.4) is 0 Å². The number of anilines is 1. The van der Waals surface area contributed by atoms with E-state index in [2.05, 4.69) is 31.4 Å². The molecule has 0 spiro atoms. The number of aryl methyl sites for hydroxylation is 1. The number of quaternary nitrogens is 1. The van der Waals surface area contributed by atoms with E-state index < -0.39 is 0 Å². The van der Waals surface area contributed by atoms with Crippen LogP contribution in [0, 0.1) is 30.1 Å². The number of carbonyl (C=O) groups excluding carboxylic acids is 1. The van der Waals surface area contributed by atoms with Crippen LogP contribution in [0.15, 0.2) is 24.3 Å². The molecular weight excluding hydrogens is 308 g/mol. The maximum absolute atomic E-state index is 12.6. The topological polar surface area (TPSA) is 45.7 Å². The minimum atomic E-state index is -0.0377. The molecule has 4 bridgehead atoms. The summed E-state index contributed by atoms with van der Waals surface area (Å²) < 4.78 is 0. The highest BCUT2D eigenvalue weighted by Gasteiger charge is 2.54. The second-order valence-corrected chi connectivity index (χ2v) is 9.41. The van der Waals surface area contributed by atoms with Crippen LogP contribution in [0.1, 0.15) is 57.9 Å². The molecule has 4 aliphatic carbocycles. The number of rotatable bonds is 5. The van der Waals surface area contributed by atoms with Gasteiger partial charge in [-0.05, 0) is 89.2 Å². The second-order valence-electron chi connectivity index (χ2n) is 9.41. The Bertz CT molecular complexity index is 601. The minimum absolute atomic E-state index is 0.0377. The molecule has 0 radical (unpaired) electrons.